The van der Waals surface area contributed by atoms with Gasteiger partial charge in [0.25, 0.3) is 0 Å². The van der Waals surface area contributed by atoms with Gasteiger partial charge in [0.1, 0.15) is 18.8 Å². The first-order chi connectivity index (χ1) is 12.9. The van der Waals surface area contributed by atoms with Gasteiger partial charge in [-0.05, 0) is 17.7 Å². The van der Waals surface area contributed by atoms with Crippen LogP contribution in [0.4, 0.5) is 0 Å². The molecule has 1 aliphatic rings. The number of likely N-dealkylation sites (N-methyl/N-ethyl adjacent to an activating group) is 1. The van der Waals surface area contributed by atoms with Crippen molar-refractivity contribution in [2.24, 2.45) is 0 Å². The number of ether oxygens (including phenoxy) is 2. The molecule has 8 heteroatoms. The highest BCUT2D eigenvalue weighted by Gasteiger charge is 2.31. The third-order valence-electron chi connectivity index (χ3n) is 4.32. The van der Waals surface area contributed by atoms with Crippen LogP contribution in [0.15, 0.2) is 54.6 Å². The fraction of sp³-hybridized carbons (Fsp3) is 0.316. The summed E-state index contributed by atoms with van der Waals surface area (Å²) in [6.07, 6.45) is 0.717. The molecule has 2 aromatic rings. The van der Waals surface area contributed by atoms with E-state index >= 15 is 0 Å². The van der Waals surface area contributed by atoms with Crippen molar-refractivity contribution in [2.75, 3.05) is 26.5 Å². The molecule has 1 N–H and O–H groups in total. The Morgan fingerprint density at radius 3 is 2.44 bits per heavy atom. The van der Waals surface area contributed by atoms with Crippen molar-refractivity contribution in [3.63, 3.8) is 0 Å². The van der Waals surface area contributed by atoms with Crippen LogP contribution in [-0.4, -0.2) is 51.2 Å². The van der Waals surface area contributed by atoms with Crippen LogP contribution >= 0.6 is 0 Å². The number of benzene rings is 2. The van der Waals surface area contributed by atoms with Crippen molar-refractivity contribution in [3.8, 4) is 11.5 Å². The predicted octanol–water partition coefficient (Wildman–Crippen LogP) is 1.58. The fourth-order valence-electron chi connectivity index (χ4n) is 2.83. The second-order valence-electron chi connectivity index (χ2n) is 6.34. The summed E-state index contributed by atoms with van der Waals surface area (Å²) in [4.78, 5) is 12.8. The van der Waals surface area contributed by atoms with E-state index in [0.717, 1.165) is 10.6 Å². The van der Waals surface area contributed by atoms with E-state index in [1.165, 1.54) is 7.05 Å². The van der Waals surface area contributed by atoms with Crippen LogP contribution in [0.5, 0.6) is 11.5 Å². The number of hydrogen-bond acceptors (Lipinski definition) is 5. The second kappa shape index (κ2) is 7.98. The predicted molar refractivity (Wildman–Crippen MR) is 101 cm³/mol. The van der Waals surface area contributed by atoms with Gasteiger partial charge in [-0.15, -0.1) is 0 Å². The molecular weight excluding hydrogens is 368 g/mol. The zero-order valence-electron chi connectivity index (χ0n) is 15.2. The van der Waals surface area contributed by atoms with Crippen molar-refractivity contribution >= 4 is 15.9 Å². The number of para-hydroxylation sites is 2. The molecule has 2 atom stereocenters. The third kappa shape index (κ3) is 4.58. The number of fused-ring (bicyclic) bond motifs is 1. The highest BCUT2D eigenvalue weighted by molar-refractivity contribution is 7.88. The van der Waals surface area contributed by atoms with E-state index in [1.54, 1.807) is 30.3 Å². The summed E-state index contributed by atoms with van der Waals surface area (Å²) in [7, 11) is -2.17. The zero-order chi connectivity index (χ0) is 19.4. The standard InChI is InChI=1S/C19H22N2O5S/c1-21(27(2,23)24)18(14-8-4-3-5-9-14)19(22)20-12-15-13-25-16-10-6-7-11-17(16)26-15/h3-11,15,18H,12-13H2,1-2H3,(H,20,22)/t15-,18-/m1/s1. The molecule has 0 radical (unpaired) electrons. The summed E-state index contributed by atoms with van der Waals surface area (Å²) in [5.74, 6) is 0.867. The van der Waals surface area contributed by atoms with Gasteiger partial charge in [-0.3, -0.25) is 4.79 Å². The molecule has 1 heterocycles. The molecule has 1 aliphatic heterocycles. The number of carbonyl (C=O) groups is 1. The van der Waals surface area contributed by atoms with E-state index in [9.17, 15) is 13.2 Å². The van der Waals surface area contributed by atoms with E-state index in [0.29, 0.717) is 23.7 Å². The Morgan fingerprint density at radius 2 is 1.78 bits per heavy atom. The van der Waals surface area contributed by atoms with Crippen molar-refractivity contribution in [1.82, 2.24) is 9.62 Å². The number of nitrogens with zero attached hydrogens (tertiary/aromatic N) is 1. The molecule has 0 spiro atoms. The lowest BCUT2D eigenvalue weighted by Gasteiger charge is -2.29. The number of sulfonamides is 1. The second-order valence-corrected chi connectivity index (χ2v) is 8.38. The zero-order valence-corrected chi connectivity index (χ0v) is 16.0. The van der Waals surface area contributed by atoms with Crippen LogP contribution in [0.1, 0.15) is 11.6 Å². The van der Waals surface area contributed by atoms with Crippen LogP contribution in [0.2, 0.25) is 0 Å². The molecule has 0 fully saturated rings. The maximum absolute atomic E-state index is 12.8. The summed E-state index contributed by atoms with van der Waals surface area (Å²) in [6, 6.07) is 15.1. The number of amides is 1. The number of carbonyl (C=O) groups excluding carboxylic acids is 1. The Kier molecular flexibility index (Phi) is 5.67. The summed E-state index contributed by atoms with van der Waals surface area (Å²) in [6.45, 7) is 0.503. The van der Waals surface area contributed by atoms with E-state index in [2.05, 4.69) is 5.32 Å². The minimum atomic E-state index is -3.56. The van der Waals surface area contributed by atoms with Gasteiger partial charge in [0.05, 0.1) is 12.8 Å². The van der Waals surface area contributed by atoms with Gasteiger partial charge in [-0.2, -0.15) is 4.31 Å². The molecule has 0 aromatic heterocycles. The number of nitrogens with one attached hydrogen (secondary N) is 1. The van der Waals surface area contributed by atoms with Crippen LogP contribution in [0.25, 0.3) is 0 Å². The fourth-order valence-corrected chi connectivity index (χ4v) is 3.43. The molecule has 3 rings (SSSR count). The van der Waals surface area contributed by atoms with Crippen molar-refractivity contribution < 1.29 is 22.7 Å². The van der Waals surface area contributed by atoms with Crippen LogP contribution in [-0.2, 0) is 14.8 Å². The van der Waals surface area contributed by atoms with E-state index in [4.69, 9.17) is 9.47 Å². The van der Waals surface area contributed by atoms with Crippen LogP contribution < -0.4 is 14.8 Å². The Bertz CT molecular complexity index is 901. The quantitative estimate of drug-likeness (QED) is 0.809. The minimum absolute atomic E-state index is 0.202. The van der Waals surface area contributed by atoms with Crippen LogP contribution in [0.3, 0.4) is 0 Å². The molecule has 0 saturated heterocycles. The van der Waals surface area contributed by atoms with Gasteiger partial charge in [0, 0.05) is 7.05 Å². The highest BCUT2D eigenvalue weighted by atomic mass is 32.2. The van der Waals surface area contributed by atoms with Crippen molar-refractivity contribution in [2.45, 2.75) is 12.1 Å². The summed E-state index contributed by atoms with van der Waals surface area (Å²) >= 11 is 0. The number of hydrogen-bond donors (Lipinski definition) is 1. The first-order valence-corrected chi connectivity index (χ1v) is 10.4. The smallest absolute Gasteiger partial charge is 0.243 e. The van der Waals surface area contributed by atoms with E-state index in [1.807, 2.05) is 24.3 Å². The van der Waals surface area contributed by atoms with Gasteiger partial charge in [-0.1, -0.05) is 42.5 Å². The average molecular weight is 390 g/mol. The maximum atomic E-state index is 12.8. The lowest BCUT2D eigenvalue weighted by molar-refractivity contribution is -0.125. The lowest BCUT2D eigenvalue weighted by Crippen LogP contribution is -2.46. The minimum Gasteiger partial charge on any atom is -0.486 e. The lowest BCUT2D eigenvalue weighted by atomic mass is 10.1. The summed E-state index contributed by atoms with van der Waals surface area (Å²) in [5.41, 5.74) is 0.592. The Hall–Kier alpha value is -2.58. The van der Waals surface area contributed by atoms with E-state index in [-0.39, 0.29) is 12.6 Å². The largest absolute Gasteiger partial charge is 0.486 e. The highest BCUT2D eigenvalue weighted by Crippen LogP contribution is 2.30. The molecule has 144 valence electrons. The van der Waals surface area contributed by atoms with Gasteiger partial charge in [0.15, 0.2) is 11.5 Å². The third-order valence-corrected chi connectivity index (χ3v) is 5.58. The topological polar surface area (TPSA) is 84.9 Å². The van der Waals surface area contributed by atoms with E-state index < -0.39 is 22.0 Å². The maximum Gasteiger partial charge on any atom is 0.243 e. The SMILES string of the molecule is CN([C@@H](C(=O)NC[C@@H]1COc2ccccc2O1)c1ccccc1)S(C)(=O)=O. The molecule has 7 nitrogen and oxygen atoms in total. The Labute approximate surface area is 158 Å². The summed E-state index contributed by atoms with van der Waals surface area (Å²) < 4.78 is 36.5. The van der Waals surface area contributed by atoms with Crippen molar-refractivity contribution in [1.29, 1.82) is 0 Å². The molecule has 2 aromatic carbocycles. The average Bonchev–Trinajstić information content (AvgIpc) is 2.66. The van der Waals surface area contributed by atoms with Gasteiger partial charge >= 0.3 is 0 Å². The Morgan fingerprint density at radius 1 is 1.15 bits per heavy atom. The van der Waals surface area contributed by atoms with Crippen molar-refractivity contribution in [3.05, 3.63) is 60.2 Å². The molecule has 0 saturated carbocycles. The molecular formula is C19H22N2O5S. The van der Waals surface area contributed by atoms with Gasteiger partial charge < -0.3 is 14.8 Å². The van der Waals surface area contributed by atoms with Crippen LogP contribution in [0, 0.1) is 0 Å². The molecule has 0 bridgehead atoms. The molecule has 0 aliphatic carbocycles. The normalized spacial score (nSPS) is 17.4. The number of rotatable bonds is 6. The van der Waals surface area contributed by atoms with Gasteiger partial charge in [0.2, 0.25) is 15.9 Å². The first-order valence-electron chi connectivity index (χ1n) is 8.50. The van der Waals surface area contributed by atoms with Gasteiger partial charge in [-0.25, -0.2) is 8.42 Å². The molecule has 0 unspecified atom stereocenters. The monoisotopic (exact) mass is 390 g/mol. The summed E-state index contributed by atoms with van der Waals surface area (Å²) in [5, 5.41) is 2.78. The Balaban J connectivity index is 1.70. The first kappa shape index (κ1) is 19.2. The molecule has 27 heavy (non-hydrogen) atoms. The molecule has 1 amide bonds.